The average molecular weight is 450 g/mol. The maximum absolute atomic E-state index is 11.8. The number of aromatic nitrogens is 4. The SMILES string of the molecule is CNC(=O)c1ccc2ccc(OC[C@H]3O[C@@H](n4ccc5c(N)ncnc54)[C@H](O)[C@@H]3O)cc2n1. The summed E-state index contributed by atoms with van der Waals surface area (Å²) in [5.41, 5.74) is 7.26. The molecule has 1 saturated heterocycles. The molecule has 1 aliphatic rings. The highest BCUT2D eigenvalue weighted by atomic mass is 16.6. The zero-order valence-electron chi connectivity index (χ0n) is 17.6. The summed E-state index contributed by atoms with van der Waals surface area (Å²) in [7, 11) is 1.54. The third-order valence-electron chi connectivity index (χ3n) is 5.69. The van der Waals surface area contributed by atoms with E-state index in [-0.39, 0.29) is 12.5 Å². The van der Waals surface area contributed by atoms with E-state index < -0.39 is 24.5 Å². The molecule has 33 heavy (non-hydrogen) atoms. The molecule has 0 spiro atoms. The summed E-state index contributed by atoms with van der Waals surface area (Å²) in [4.78, 5) is 24.4. The Morgan fingerprint density at radius 1 is 1.21 bits per heavy atom. The van der Waals surface area contributed by atoms with E-state index in [1.54, 1.807) is 48.1 Å². The summed E-state index contributed by atoms with van der Waals surface area (Å²) < 4.78 is 13.4. The van der Waals surface area contributed by atoms with Crippen molar-refractivity contribution in [2.24, 2.45) is 0 Å². The molecular formula is C22H22N6O5. The van der Waals surface area contributed by atoms with Crippen LogP contribution in [0.5, 0.6) is 5.75 Å². The van der Waals surface area contributed by atoms with Crippen LogP contribution in [-0.4, -0.2) is 67.6 Å². The van der Waals surface area contributed by atoms with Gasteiger partial charge in [-0.3, -0.25) is 4.79 Å². The number of fused-ring (bicyclic) bond motifs is 2. The number of aliphatic hydroxyl groups is 2. The molecule has 0 radical (unpaired) electrons. The lowest BCUT2D eigenvalue weighted by molar-refractivity contribution is -0.0471. The number of rotatable bonds is 5. The molecule has 1 fully saturated rings. The first-order chi connectivity index (χ1) is 16.0. The number of nitrogens with zero attached hydrogens (tertiary/aromatic N) is 4. The minimum atomic E-state index is -1.20. The van der Waals surface area contributed by atoms with Gasteiger partial charge in [-0.05, 0) is 24.3 Å². The van der Waals surface area contributed by atoms with E-state index in [1.165, 1.54) is 6.33 Å². The first-order valence-corrected chi connectivity index (χ1v) is 10.3. The minimum absolute atomic E-state index is 0.00824. The highest BCUT2D eigenvalue weighted by Crippen LogP contribution is 2.33. The van der Waals surface area contributed by atoms with Gasteiger partial charge in [-0.25, -0.2) is 15.0 Å². The second-order valence-electron chi connectivity index (χ2n) is 7.71. The highest BCUT2D eigenvalue weighted by Gasteiger charge is 2.44. The Kier molecular flexibility index (Phi) is 5.29. The van der Waals surface area contributed by atoms with Gasteiger partial charge in [-0.15, -0.1) is 0 Å². The zero-order chi connectivity index (χ0) is 23.1. The number of nitrogen functional groups attached to an aromatic ring is 1. The number of nitrogens with two attached hydrogens (primary N) is 1. The fraction of sp³-hybridized carbons (Fsp3) is 0.273. The molecule has 11 heteroatoms. The molecular weight excluding hydrogens is 428 g/mol. The third-order valence-corrected chi connectivity index (χ3v) is 5.69. The minimum Gasteiger partial charge on any atom is -0.491 e. The van der Waals surface area contributed by atoms with E-state index in [2.05, 4.69) is 20.3 Å². The molecule has 4 aromatic rings. The molecule has 5 rings (SSSR count). The van der Waals surface area contributed by atoms with Crippen LogP contribution in [0.15, 0.2) is 48.9 Å². The Labute approximate surface area is 187 Å². The molecule has 1 amide bonds. The summed E-state index contributed by atoms with van der Waals surface area (Å²) in [6, 6.07) is 10.5. The number of ether oxygens (including phenoxy) is 2. The molecule has 0 unspecified atom stereocenters. The number of pyridine rings is 1. The van der Waals surface area contributed by atoms with Gasteiger partial charge in [0.15, 0.2) is 6.23 Å². The maximum Gasteiger partial charge on any atom is 0.269 e. The van der Waals surface area contributed by atoms with Gasteiger partial charge in [0.25, 0.3) is 5.91 Å². The third kappa shape index (κ3) is 3.71. The topological polar surface area (TPSA) is 158 Å². The van der Waals surface area contributed by atoms with Crippen molar-refractivity contribution in [2.75, 3.05) is 19.4 Å². The smallest absolute Gasteiger partial charge is 0.269 e. The molecule has 0 saturated carbocycles. The number of carbonyl (C=O) groups is 1. The predicted molar refractivity (Wildman–Crippen MR) is 118 cm³/mol. The first kappa shape index (κ1) is 21.1. The Balaban J connectivity index is 1.33. The van der Waals surface area contributed by atoms with Crippen LogP contribution in [0, 0.1) is 0 Å². The van der Waals surface area contributed by atoms with E-state index in [0.717, 1.165) is 5.39 Å². The van der Waals surface area contributed by atoms with Crippen molar-refractivity contribution in [1.29, 1.82) is 0 Å². The number of carbonyl (C=O) groups excluding carboxylic acids is 1. The van der Waals surface area contributed by atoms with Crippen molar-refractivity contribution < 1.29 is 24.5 Å². The number of nitrogens with one attached hydrogen (secondary N) is 1. The van der Waals surface area contributed by atoms with Crippen molar-refractivity contribution in [3.63, 3.8) is 0 Å². The van der Waals surface area contributed by atoms with Gasteiger partial charge in [-0.2, -0.15) is 0 Å². The van der Waals surface area contributed by atoms with Crippen LogP contribution < -0.4 is 15.8 Å². The summed E-state index contributed by atoms with van der Waals surface area (Å²) >= 11 is 0. The van der Waals surface area contributed by atoms with E-state index in [4.69, 9.17) is 15.2 Å². The monoisotopic (exact) mass is 450 g/mol. The summed E-state index contributed by atoms with van der Waals surface area (Å²) in [5.74, 6) is 0.524. The van der Waals surface area contributed by atoms with Gasteiger partial charge >= 0.3 is 0 Å². The summed E-state index contributed by atoms with van der Waals surface area (Å²) in [6.07, 6.45) is -1.02. The van der Waals surface area contributed by atoms with Crippen LogP contribution in [0.4, 0.5) is 5.82 Å². The lowest BCUT2D eigenvalue weighted by Crippen LogP contribution is -2.34. The normalized spacial score (nSPS) is 22.6. The summed E-state index contributed by atoms with van der Waals surface area (Å²) in [5, 5.41) is 25.2. The molecule has 0 aliphatic carbocycles. The number of hydrogen-bond donors (Lipinski definition) is 4. The van der Waals surface area contributed by atoms with Crippen LogP contribution >= 0.6 is 0 Å². The Hall–Kier alpha value is -3.80. The fourth-order valence-electron chi connectivity index (χ4n) is 3.91. The molecule has 3 aromatic heterocycles. The second kappa shape index (κ2) is 8.28. The van der Waals surface area contributed by atoms with Crippen LogP contribution in [-0.2, 0) is 4.74 Å². The van der Waals surface area contributed by atoms with Gasteiger partial charge in [0.2, 0.25) is 0 Å². The zero-order valence-corrected chi connectivity index (χ0v) is 17.6. The molecule has 1 aliphatic heterocycles. The van der Waals surface area contributed by atoms with E-state index in [1.807, 2.05) is 6.07 Å². The number of hydrogen-bond acceptors (Lipinski definition) is 9. The average Bonchev–Trinajstić information content (AvgIpc) is 3.38. The molecule has 11 nitrogen and oxygen atoms in total. The van der Waals surface area contributed by atoms with Gasteiger partial charge in [-0.1, -0.05) is 6.07 Å². The van der Waals surface area contributed by atoms with E-state index >= 15 is 0 Å². The molecule has 1 aromatic carbocycles. The number of anilines is 1. The molecule has 170 valence electrons. The Morgan fingerprint density at radius 3 is 2.85 bits per heavy atom. The molecule has 5 N–H and O–H groups in total. The van der Waals surface area contributed by atoms with Crippen molar-refractivity contribution in [3.8, 4) is 5.75 Å². The van der Waals surface area contributed by atoms with Gasteiger partial charge in [0, 0.05) is 24.7 Å². The van der Waals surface area contributed by atoms with Crippen molar-refractivity contribution in [2.45, 2.75) is 24.5 Å². The molecule has 4 atom stereocenters. The van der Waals surface area contributed by atoms with Gasteiger partial charge < -0.3 is 35.3 Å². The number of aliphatic hydroxyl groups excluding tert-OH is 2. The first-order valence-electron chi connectivity index (χ1n) is 10.3. The predicted octanol–water partition coefficient (Wildman–Crippen LogP) is 0.619. The lowest BCUT2D eigenvalue weighted by atomic mass is 10.1. The summed E-state index contributed by atoms with van der Waals surface area (Å²) in [6.45, 7) is -0.00824. The lowest BCUT2D eigenvalue weighted by Gasteiger charge is -2.17. The number of benzene rings is 1. The quantitative estimate of drug-likeness (QED) is 0.342. The van der Waals surface area contributed by atoms with Crippen LogP contribution in [0.3, 0.4) is 0 Å². The van der Waals surface area contributed by atoms with Gasteiger partial charge in [0.1, 0.15) is 54.2 Å². The van der Waals surface area contributed by atoms with Crippen LogP contribution in [0.2, 0.25) is 0 Å². The molecule has 4 heterocycles. The Morgan fingerprint density at radius 2 is 2.03 bits per heavy atom. The highest BCUT2D eigenvalue weighted by molar-refractivity contribution is 5.94. The standard InChI is InChI=1S/C22H22N6O5/c1-24-21(31)14-5-3-11-2-4-12(8-15(11)27-14)32-9-16-17(29)18(30)22(33-16)28-7-6-13-19(23)25-10-26-20(13)28/h2-8,10,16-18,22,29-30H,9H2,1H3,(H,24,31)(H2,23,25,26)/t16-,17-,18-,22-/m1/s1. The van der Waals surface area contributed by atoms with Crippen molar-refractivity contribution >= 4 is 33.7 Å². The van der Waals surface area contributed by atoms with E-state index in [0.29, 0.717) is 33.8 Å². The van der Waals surface area contributed by atoms with E-state index in [9.17, 15) is 15.0 Å². The van der Waals surface area contributed by atoms with Crippen LogP contribution in [0.1, 0.15) is 16.7 Å². The fourth-order valence-corrected chi connectivity index (χ4v) is 3.91. The molecule has 0 bridgehead atoms. The van der Waals surface area contributed by atoms with Gasteiger partial charge in [0.05, 0.1) is 10.9 Å². The number of amides is 1. The van der Waals surface area contributed by atoms with Crippen molar-refractivity contribution in [1.82, 2.24) is 24.8 Å². The maximum atomic E-state index is 11.8. The second-order valence-corrected chi connectivity index (χ2v) is 7.71. The largest absolute Gasteiger partial charge is 0.491 e. The van der Waals surface area contributed by atoms with Crippen LogP contribution in [0.25, 0.3) is 21.9 Å². The Bertz CT molecular complexity index is 1340. The van der Waals surface area contributed by atoms with Crippen molar-refractivity contribution in [3.05, 3.63) is 54.6 Å².